The van der Waals surface area contributed by atoms with Crippen LogP contribution in [-0.4, -0.2) is 67.6 Å². The first-order valence-corrected chi connectivity index (χ1v) is 11.5. The molecule has 0 spiro atoms. The van der Waals surface area contributed by atoms with Crippen LogP contribution in [0.2, 0.25) is 0 Å². The van der Waals surface area contributed by atoms with Gasteiger partial charge in [-0.2, -0.15) is 0 Å². The van der Waals surface area contributed by atoms with Crippen LogP contribution in [-0.2, 0) is 27.2 Å². The number of fused-ring (bicyclic) bond motifs is 3. The molecule has 0 atom stereocenters. The lowest BCUT2D eigenvalue weighted by Crippen LogP contribution is -2.48. The van der Waals surface area contributed by atoms with Crippen LogP contribution in [0.25, 0.3) is 11.0 Å². The van der Waals surface area contributed by atoms with Crippen LogP contribution >= 0.6 is 0 Å². The van der Waals surface area contributed by atoms with Crippen molar-refractivity contribution in [2.75, 3.05) is 46.0 Å². The molecule has 2 aliphatic heterocycles. The van der Waals surface area contributed by atoms with Gasteiger partial charge >= 0.3 is 0 Å². The Morgan fingerprint density at radius 1 is 1.00 bits per heavy atom. The van der Waals surface area contributed by atoms with Gasteiger partial charge in [0.05, 0.1) is 13.2 Å². The molecule has 0 radical (unpaired) electrons. The molecule has 3 aliphatic rings. The molecule has 0 N–H and O–H groups in total. The van der Waals surface area contributed by atoms with E-state index in [-0.39, 0.29) is 24.3 Å². The third-order valence-corrected chi connectivity index (χ3v) is 6.81. The zero-order valence-corrected chi connectivity index (χ0v) is 17.9. The molecule has 2 fully saturated rings. The van der Waals surface area contributed by atoms with Crippen molar-refractivity contribution in [1.29, 1.82) is 0 Å². The average Bonchev–Trinajstić information content (AvgIpc) is 3.21. The number of morpholine rings is 1. The molecule has 1 aliphatic carbocycles. The Bertz CT molecular complexity index is 954. The predicted molar refractivity (Wildman–Crippen MR) is 115 cm³/mol. The van der Waals surface area contributed by atoms with Crippen LogP contribution in [0.15, 0.2) is 22.6 Å². The topological polar surface area (TPSA) is 72.2 Å². The predicted octanol–water partition coefficient (Wildman–Crippen LogP) is 2.79. The number of carbonyl (C=O) groups is 2. The first-order valence-electron chi connectivity index (χ1n) is 11.5. The quantitative estimate of drug-likeness (QED) is 0.752. The number of piperidine rings is 1. The maximum Gasteiger partial charge on any atom is 0.260 e. The van der Waals surface area contributed by atoms with Crippen molar-refractivity contribution in [2.45, 2.75) is 38.5 Å². The molecule has 0 bridgehead atoms. The van der Waals surface area contributed by atoms with Gasteiger partial charge in [-0.05, 0) is 50.3 Å². The summed E-state index contributed by atoms with van der Waals surface area (Å²) in [6, 6.07) is 5.82. The molecule has 0 unspecified atom stereocenters. The van der Waals surface area contributed by atoms with E-state index in [2.05, 4.69) is 0 Å². The molecule has 7 nitrogen and oxygen atoms in total. The number of likely N-dealkylation sites (tertiary alicyclic amines) is 1. The summed E-state index contributed by atoms with van der Waals surface area (Å²) >= 11 is 0. The third-order valence-electron chi connectivity index (χ3n) is 6.81. The minimum absolute atomic E-state index is 0.0118. The number of nitrogens with zero attached hydrogens (tertiary/aromatic N) is 2. The van der Waals surface area contributed by atoms with Gasteiger partial charge < -0.3 is 23.7 Å². The number of furan rings is 1. The minimum Gasteiger partial charge on any atom is -0.484 e. The molecule has 7 heteroatoms. The van der Waals surface area contributed by atoms with E-state index in [1.54, 1.807) is 0 Å². The second kappa shape index (κ2) is 8.91. The summed E-state index contributed by atoms with van der Waals surface area (Å²) in [5.41, 5.74) is 2.20. The molecular weight excluding hydrogens is 396 g/mol. The molecule has 31 heavy (non-hydrogen) atoms. The summed E-state index contributed by atoms with van der Waals surface area (Å²) in [4.78, 5) is 29.1. The molecule has 3 heterocycles. The van der Waals surface area contributed by atoms with Crippen molar-refractivity contribution >= 4 is 22.8 Å². The van der Waals surface area contributed by atoms with Crippen LogP contribution in [0.4, 0.5) is 0 Å². The molecular formula is C24H30N2O5. The highest BCUT2D eigenvalue weighted by molar-refractivity contribution is 5.84. The highest BCUT2D eigenvalue weighted by Gasteiger charge is 2.31. The van der Waals surface area contributed by atoms with Crippen molar-refractivity contribution in [2.24, 2.45) is 5.92 Å². The van der Waals surface area contributed by atoms with Crippen molar-refractivity contribution in [3.05, 3.63) is 29.5 Å². The van der Waals surface area contributed by atoms with Crippen molar-refractivity contribution < 1.29 is 23.5 Å². The second-order valence-electron chi connectivity index (χ2n) is 8.75. The molecule has 2 saturated heterocycles. The van der Waals surface area contributed by atoms with Crippen LogP contribution in [0, 0.1) is 5.92 Å². The number of aryl methyl sites for hydroxylation is 2. The van der Waals surface area contributed by atoms with Crippen molar-refractivity contribution in [3.8, 4) is 5.75 Å². The van der Waals surface area contributed by atoms with E-state index in [1.807, 2.05) is 28.0 Å². The molecule has 2 amide bonds. The largest absolute Gasteiger partial charge is 0.484 e. The monoisotopic (exact) mass is 426 g/mol. The number of amides is 2. The molecule has 0 saturated carbocycles. The summed E-state index contributed by atoms with van der Waals surface area (Å²) in [5.74, 6) is 2.00. The number of ether oxygens (including phenoxy) is 2. The molecule has 166 valence electrons. The number of hydrogen-bond acceptors (Lipinski definition) is 5. The Balaban J connectivity index is 1.14. The number of rotatable bonds is 4. The van der Waals surface area contributed by atoms with Gasteiger partial charge in [-0.25, -0.2) is 0 Å². The first-order chi connectivity index (χ1) is 15.2. The lowest BCUT2D eigenvalue weighted by Gasteiger charge is -2.35. The Kier molecular flexibility index (Phi) is 5.85. The highest BCUT2D eigenvalue weighted by Crippen LogP contribution is 2.34. The fraction of sp³-hybridized carbons (Fsp3) is 0.583. The van der Waals surface area contributed by atoms with E-state index in [0.29, 0.717) is 45.1 Å². The molecule has 5 rings (SSSR count). The van der Waals surface area contributed by atoms with Gasteiger partial charge in [0.2, 0.25) is 5.91 Å². The fourth-order valence-electron chi connectivity index (χ4n) is 4.99. The lowest BCUT2D eigenvalue weighted by molar-refractivity contribution is -0.144. The van der Waals surface area contributed by atoms with E-state index in [0.717, 1.165) is 42.4 Å². The molecule has 1 aromatic carbocycles. The average molecular weight is 427 g/mol. The Morgan fingerprint density at radius 2 is 1.77 bits per heavy atom. The molecule has 2 aromatic rings. The summed E-state index contributed by atoms with van der Waals surface area (Å²) in [7, 11) is 0. The second-order valence-corrected chi connectivity index (χ2v) is 8.75. The van der Waals surface area contributed by atoms with Crippen LogP contribution in [0.5, 0.6) is 5.75 Å². The van der Waals surface area contributed by atoms with Crippen LogP contribution in [0.1, 0.15) is 37.0 Å². The van der Waals surface area contributed by atoms with Gasteiger partial charge in [0.1, 0.15) is 17.1 Å². The van der Waals surface area contributed by atoms with E-state index in [1.165, 1.54) is 18.4 Å². The maximum atomic E-state index is 12.7. The van der Waals surface area contributed by atoms with Gasteiger partial charge in [0.15, 0.2) is 6.61 Å². The number of hydrogen-bond donors (Lipinski definition) is 0. The third kappa shape index (κ3) is 4.28. The smallest absolute Gasteiger partial charge is 0.260 e. The Labute approximate surface area is 182 Å². The van der Waals surface area contributed by atoms with E-state index >= 15 is 0 Å². The van der Waals surface area contributed by atoms with Gasteiger partial charge in [-0.15, -0.1) is 0 Å². The number of benzene rings is 1. The van der Waals surface area contributed by atoms with Crippen molar-refractivity contribution in [1.82, 2.24) is 9.80 Å². The van der Waals surface area contributed by atoms with E-state index in [4.69, 9.17) is 13.9 Å². The normalized spacial score (nSPS) is 20.0. The van der Waals surface area contributed by atoms with E-state index < -0.39 is 0 Å². The summed E-state index contributed by atoms with van der Waals surface area (Å²) in [6.07, 6.45) is 5.85. The van der Waals surface area contributed by atoms with Crippen LogP contribution in [0.3, 0.4) is 0 Å². The summed E-state index contributed by atoms with van der Waals surface area (Å²) in [5, 5.41) is 1.11. The van der Waals surface area contributed by atoms with Crippen molar-refractivity contribution in [3.63, 3.8) is 0 Å². The Morgan fingerprint density at radius 3 is 2.58 bits per heavy atom. The van der Waals surface area contributed by atoms with Crippen LogP contribution < -0.4 is 4.74 Å². The highest BCUT2D eigenvalue weighted by atomic mass is 16.5. The number of carbonyl (C=O) groups excluding carboxylic acids is 2. The zero-order valence-electron chi connectivity index (χ0n) is 17.9. The zero-order chi connectivity index (χ0) is 21.2. The van der Waals surface area contributed by atoms with Gasteiger partial charge in [0, 0.05) is 49.5 Å². The summed E-state index contributed by atoms with van der Waals surface area (Å²) < 4.78 is 17.1. The fourth-order valence-corrected chi connectivity index (χ4v) is 4.99. The van der Waals surface area contributed by atoms with Gasteiger partial charge in [-0.3, -0.25) is 9.59 Å². The standard InChI is InChI=1S/C24H30N2O5/c27-23(25-9-7-17(8-10-25)24(28)26-11-13-29-14-12-26)16-30-18-5-6-22-20(15-18)19-3-1-2-4-21(19)31-22/h5-6,15,17H,1-4,7-14,16H2. The first kappa shape index (κ1) is 20.4. The van der Waals surface area contributed by atoms with E-state index in [9.17, 15) is 9.59 Å². The Hall–Kier alpha value is -2.54. The summed E-state index contributed by atoms with van der Waals surface area (Å²) in [6.45, 7) is 3.83. The van der Waals surface area contributed by atoms with Gasteiger partial charge in [0.25, 0.3) is 5.91 Å². The lowest BCUT2D eigenvalue weighted by atomic mass is 9.95. The van der Waals surface area contributed by atoms with Gasteiger partial charge in [-0.1, -0.05) is 0 Å². The minimum atomic E-state index is -0.0217. The SMILES string of the molecule is O=C(COc1ccc2oc3c(c2c1)CCCC3)N1CCC(C(=O)N2CCOCC2)CC1. The maximum absolute atomic E-state index is 12.7. The molecule has 1 aromatic heterocycles.